The first kappa shape index (κ1) is 16.9. The van der Waals surface area contributed by atoms with E-state index in [0.717, 1.165) is 43.4 Å². The largest absolute Gasteiger partial charge is 0.462 e. The van der Waals surface area contributed by atoms with Gasteiger partial charge in [0.05, 0.1) is 23.6 Å². The Morgan fingerprint density at radius 2 is 1.96 bits per heavy atom. The van der Waals surface area contributed by atoms with Crippen molar-refractivity contribution in [2.45, 2.75) is 39.5 Å². The molecule has 0 saturated carbocycles. The van der Waals surface area contributed by atoms with Crippen molar-refractivity contribution in [3.8, 4) is 5.69 Å². The highest BCUT2D eigenvalue weighted by atomic mass is 16.5. The highest BCUT2D eigenvalue weighted by Crippen LogP contribution is 2.16. The molecular weight excluding hydrogens is 294 g/mol. The predicted octanol–water partition coefficient (Wildman–Crippen LogP) is 2.99. The molecule has 0 aliphatic rings. The van der Waals surface area contributed by atoms with Gasteiger partial charge in [0.2, 0.25) is 0 Å². The number of unbranched alkanes of at least 4 members (excludes halogenated alkanes) is 1. The summed E-state index contributed by atoms with van der Waals surface area (Å²) in [5.41, 5.74) is 2.42. The van der Waals surface area contributed by atoms with Crippen molar-refractivity contribution in [2.24, 2.45) is 0 Å². The first-order chi connectivity index (χ1) is 11.2. The Kier molecular flexibility index (Phi) is 6.02. The van der Waals surface area contributed by atoms with Gasteiger partial charge in [0, 0.05) is 0 Å². The van der Waals surface area contributed by atoms with Crippen molar-refractivity contribution in [3.63, 3.8) is 0 Å². The van der Waals surface area contributed by atoms with Crippen molar-refractivity contribution >= 4 is 12.3 Å². The summed E-state index contributed by atoms with van der Waals surface area (Å²) in [6, 6.07) is 6.95. The molecule has 0 saturated heterocycles. The third-order valence-electron chi connectivity index (χ3n) is 3.46. The lowest BCUT2D eigenvalue weighted by atomic mass is 10.1. The van der Waals surface area contributed by atoms with E-state index < -0.39 is 0 Å². The molecule has 0 amide bonds. The van der Waals surface area contributed by atoms with Crippen LogP contribution in [0.2, 0.25) is 0 Å². The maximum absolute atomic E-state index is 11.8. The zero-order valence-corrected chi connectivity index (χ0v) is 13.5. The summed E-state index contributed by atoms with van der Waals surface area (Å²) in [4.78, 5) is 22.9. The van der Waals surface area contributed by atoms with Gasteiger partial charge in [-0.15, -0.1) is 5.10 Å². The first-order valence-corrected chi connectivity index (χ1v) is 7.88. The Bertz CT molecular complexity index is 662. The fraction of sp³-hybridized carbons (Fsp3) is 0.412. The van der Waals surface area contributed by atoms with Crippen molar-refractivity contribution in [3.05, 3.63) is 41.2 Å². The van der Waals surface area contributed by atoms with E-state index >= 15 is 0 Å². The SMILES string of the molecule is CCCCc1c(C=O)nnn1-c1ccc(C(=O)OCCC)cc1. The fourth-order valence-corrected chi connectivity index (χ4v) is 2.21. The van der Waals surface area contributed by atoms with Crippen LogP contribution in [0.1, 0.15) is 59.7 Å². The maximum atomic E-state index is 11.8. The number of hydrogen-bond acceptors (Lipinski definition) is 5. The van der Waals surface area contributed by atoms with Crippen LogP contribution in [0.4, 0.5) is 0 Å². The van der Waals surface area contributed by atoms with E-state index in [-0.39, 0.29) is 5.97 Å². The van der Waals surface area contributed by atoms with Crippen LogP contribution in [-0.4, -0.2) is 33.9 Å². The van der Waals surface area contributed by atoms with Crippen LogP contribution >= 0.6 is 0 Å². The molecule has 0 spiro atoms. The van der Waals surface area contributed by atoms with Crippen LogP contribution in [0, 0.1) is 0 Å². The molecule has 0 fully saturated rings. The number of benzene rings is 1. The van der Waals surface area contributed by atoms with Crippen LogP contribution in [0.3, 0.4) is 0 Å². The lowest BCUT2D eigenvalue weighted by Gasteiger charge is -2.08. The van der Waals surface area contributed by atoms with E-state index in [4.69, 9.17) is 4.74 Å². The molecule has 6 heteroatoms. The van der Waals surface area contributed by atoms with Gasteiger partial charge < -0.3 is 4.74 Å². The number of rotatable bonds is 8. The van der Waals surface area contributed by atoms with E-state index in [0.29, 0.717) is 17.9 Å². The Morgan fingerprint density at radius 1 is 1.22 bits per heavy atom. The zero-order chi connectivity index (χ0) is 16.7. The molecule has 0 aliphatic carbocycles. The molecule has 6 nitrogen and oxygen atoms in total. The van der Waals surface area contributed by atoms with Crippen molar-refractivity contribution in [1.29, 1.82) is 0 Å². The number of esters is 1. The minimum absolute atomic E-state index is 0.336. The maximum Gasteiger partial charge on any atom is 0.338 e. The predicted molar refractivity (Wildman–Crippen MR) is 85.9 cm³/mol. The average molecular weight is 315 g/mol. The molecule has 0 aliphatic heterocycles. The number of carbonyl (C=O) groups excluding carboxylic acids is 2. The fourth-order valence-electron chi connectivity index (χ4n) is 2.21. The van der Waals surface area contributed by atoms with Crippen LogP contribution in [0.15, 0.2) is 24.3 Å². The summed E-state index contributed by atoms with van der Waals surface area (Å²) in [7, 11) is 0. The van der Waals surface area contributed by atoms with E-state index in [2.05, 4.69) is 17.2 Å². The molecular formula is C17H21N3O3. The molecule has 122 valence electrons. The zero-order valence-electron chi connectivity index (χ0n) is 13.5. The van der Waals surface area contributed by atoms with Gasteiger partial charge in [-0.25, -0.2) is 9.48 Å². The Labute approximate surface area is 135 Å². The van der Waals surface area contributed by atoms with Crippen LogP contribution in [-0.2, 0) is 11.2 Å². The van der Waals surface area contributed by atoms with E-state index in [1.54, 1.807) is 28.9 Å². The summed E-state index contributed by atoms with van der Waals surface area (Å²) in [6.45, 7) is 4.45. The molecule has 1 heterocycles. The second-order valence-corrected chi connectivity index (χ2v) is 5.24. The Balaban J connectivity index is 2.23. The van der Waals surface area contributed by atoms with Gasteiger partial charge in [0.25, 0.3) is 0 Å². The summed E-state index contributed by atoms with van der Waals surface area (Å²) >= 11 is 0. The number of aldehydes is 1. The quantitative estimate of drug-likeness (QED) is 0.553. The van der Waals surface area contributed by atoms with Crippen molar-refractivity contribution in [1.82, 2.24) is 15.0 Å². The Hall–Kier alpha value is -2.50. The standard InChI is InChI=1S/C17H21N3O3/c1-3-5-6-16-15(12-21)18-19-20(16)14-9-7-13(8-10-14)17(22)23-11-4-2/h7-10,12H,3-6,11H2,1-2H3. The molecule has 0 atom stereocenters. The smallest absolute Gasteiger partial charge is 0.338 e. The highest BCUT2D eigenvalue weighted by molar-refractivity contribution is 5.89. The molecule has 0 radical (unpaired) electrons. The van der Waals surface area contributed by atoms with Crippen molar-refractivity contribution < 1.29 is 14.3 Å². The molecule has 0 N–H and O–H groups in total. The van der Waals surface area contributed by atoms with E-state index in [1.807, 2.05) is 6.92 Å². The number of ether oxygens (including phenoxy) is 1. The van der Waals surface area contributed by atoms with Crippen LogP contribution in [0.25, 0.3) is 5.69 Å². The number of hydrogen-bond donors (Lipinski definition) is 0. The molecule has 1 aromatic carbocycles. The third kappa shape index (κ3) is 4.03. The summed E-state index contributed by atoms with van der Waals surface area (Å²) < 4.78 is 6.75. The minimum Gasteiger partial charge on any atom is -0.462 e. The van der Waals surface area contributed by atoms with Gasteiger partial charge in [-0.05, 0) is 43.5 Å². The first-order valence-electron chi connectivity index (χ1n) is 7.88. The molecule has 2 aromatic rings. The molecule has 0 unspecified atom stereocenters. The van der Waals surface area contributed by atoms with Gasteiger partial charge in [0.1, 0.15) is 5.69 Å². The van der Waals surface area contributed by atoms with Gasteiger partial charge in [0.15, 0.2) is 6.29 Å². The summed E-state index contributed by atoms with van der Waals surface area (Å²) in [5, 5.41) is 7.97. The topological polar surface area (TPSA) is 74.1 Å². The summed E-state index contributed by atoms with van der Waals surface area (Å²) in [5.74, 6) is -0.336. The Morgan fingerprint density at radius 3 is 2.57 bits per heavy atom. The number of carbonyl (C=O) groups is 2. The average Bonchev–Trinajstić information content (AvgIpc) is 3.00. The van der Waals surface area contributed by atoms with Gasteiger partial charge >= 0.3 is 5.97 Å². The normalized spacial score (nSPS) is 10.5. The minimum atomic E-state index is -0.336. The second kappa shape index (κ2) is 8.22. The summed E-state index contributed by atoms with van der Waals surface area (Å²) in [6.07, 6.45) is 4.22. The molecule has 0 bridgehead atoms. The molecule has 23 heavy (non-hydrogen) atoms. The van der Waals surface area contributed by atoms with Crippen molar-refractivity contribution in [2.75, 3.05) is 6.61 Å². The van der Waals surface area contributed by atoms with Gasteiger partial charge in [-0.2, -0.15) is 0 Å². The third-order valence-corrected chi connectivity index (χ3v) is 3.46. The second-order valence-electron chi connectivity index (χ2n) is 5.24. The van der Waals surface area contributed by atoms with Crippen LogP contribution < -0.4 is 0 Å². The van der Waals surface area contributed by atoms with E-state index in [9.17, 15) is 9.59 Å². The van der Waals surface area contributed by atoms with Gasteiger partial charge in [-0.1, -0.05) is 25.5 Å². The van der Waals surface area contributed by atoms with Gasteiger partial charge in [-0.3, -0.25) is 4.79 Å². The monoisotopic (exact) mass is 315 g/mol. The lowest BCUT2D eigenvalue weighted by Crippen LogP contribution is -2.07. The van der Waals surface area contributed by atoms with Crippen LogP contribution in [0.5, 0.6) is 0 Å². The molecule has 2 rings (SSSR count). The lowest BCUT2D eigenvalue weighted by molar-refractivity contribution is 0.0505. The molecule has 1 aromatic heterocycles. The van der Waals surface area contributed by atoms with E-state index in [1.165, 1.54) is 0 Å². The number of nitrogens with zero attached hydrogens (tertiary/aromatic N) is 3. The highest BCUT2D eigenvalue weighted by Gasteiger charge is 2.14. The number of aromatic nitrogens is 3.